The van der Waals surface area contributed by atoms with Crippen molar-refractivity contribution in [3.8, 4) is 5.75 Å². The van der Waals surface area contributed by atoms with Crippen molar-refractivity contribution < 1.29 is 9.47 Å². The Hall–Kier alpha value is -0.440. The van der Waals surface area contributed by atoms with E-state index in [1.807, 2.05) is 6.92 Å². The van der Waals surface area contributed by atoms with Crippen LogP contribution in [0.15, 0.2) is 23.2 Å². The van der Waals surface area contributed by atoms with Gasteiger partial charge in [0, 0.05) is 26.8 Å². The molecule has 23 heavy (non-hydrogen) atoms. The molecule has 0 spiro atoms. The Balaban J connectivity index is 0.00000484. The van der Waals surface area contributed by atoms with Crippen LogP contribution in [-0.4, -0.2) is 45.9 Å². The Bertz CT molecular complexity index is 476. The smallest absolute Gasteiger partial charge is 0.191 e. The standard InChI is InChI=1S/C15H23Cl2N3O2.HI/c1-3-18-15(19-8-5-10-21-2)20-9-11-22-13-7-4-6-12(16)14(13)17;/h4,6-7H,3,5,8-11H2,1-2H3,(H2,18,19,20);1H. The zero-order chi connectivity index (χ0) is 16.2. The summed E-state index contributed by atoms with van der Waals surface area (Å²) in [7, 11) is 1.69. The lowest BCUT2D eigenvalue weighted by molar-refractivity contribution is 0.197. The van der Waals surface area contributed by atoms with Crippen LogP contribution in [0, 0.1) is 0 Å². The van der Waals surface area contributed by atoms with E-state index in [0.717, 1.165) is 18.9 Å². The lowest BCUT2D eigenvalue weighted by Gasteiger charge is -2.13. The van der Waals surface area contributed by atoms with E-state index in [1.54, 1.807) is 25.3 Å². The minimum Gasteiger partial charge on any atom is -0.490 e. The Labute approximate surface area is 165 Å². The summed E-state index contributed by atoms with van der Waals surface area (Å²) in [6.45, 7) is 5.32. The lowest BCUT2D eigenvalue weighted by atomic mass is 10.3. The summed E-state index contributed by atoms with van der Waals surface area (Å²) in [6, 6.07) is 5.32. The molecule has 132 valence electrons. The monoisotopic (exact) mass is 475 g/mol. The number of guanidine groups is 1. The van der Waals surface area contributed by atoms with Crippen molar-refractivity contribution in [2.24, 2.45) is 4.99 Å². The van der Waals surface area contributed by atoms with Gasteiger partial charge in [-0.1, -0.05) is 29.3 Å². The van der Waals surface area contributed by atoms with Gasteiger partial charge in [-0.15, -0.1) is 24.0 Å². The third-order valence-corrected chi connectivity index (χ3v) is 3.49. The minimum atomic E-state index is 0. The van der Waals surface area contributed by atoms with Gasteiger partial charge in [-0.2, -0.15) is 0 Å². The number of rotatable bonds is 9. The average Bonchev–Trinajstić information content (AvgIpc) is 2.51. The molecule has 0 saturated heterocycles. The Morgan fingerprint density at radius 3 is 2.70 bits per heavy atom. The van der Waals surface area contributed by atoms with Crippen molar-refractivity contribution in [3.63, 3.8) is 0 Å². The highest BCUT2D eigenvalue weighted by Gasteiger charge is 2.05. The predicted octanol–water partition coefficient (Wildman–Crippen LogP) is 3.58. The molecule has 1 rings (SSSR count). The van der Waals surface area contributed by atoms with E-state index in [2.05, 4.69) is 15.6 Å². The van der Waals surface area contributed by atoms with Gasteiger partial charge in [-0.05, 0) is 25.5 Å². The summed E-state index contributed by atoms with van der Waals surface area (Å²) in [5, 5.41) is 7.29. The zero-order valence-electron chi connectivity index (χ0n) is 13.4. The number of ether oxygens (including phenoxy) is 2. The first kappa shape index (κ1) is 22.6. The molecule has 0 saturated carbocycles. The van der Waals surface area contributed by atoms with Crippen LogP contribution in [0.25, 0.3) is 0 Å². The molecule has 0 aliphatic carbocycles. The molecular weight excluding hydrogens is 452 g/mol. The fourth-order valence-electron chi connectivity index (χ4n) is 1.67. The Morgan fingerprint density at radius 1 is 1.22 bits per heavy atom. The Kier molecular flexibility index (Phi) is 13.7. The zero-order valence-corrected chi connectivity index (χ0v) is 17.2. The number of methoxy groups -OCH3 is 1. The number of aliphatic imine (C=N–C) groups is 1. The maximum atomic E-state index is 6.06. The van der Waals surface area contributed by atoms with E-state index in [1.165, 1.54) is 0 Å². The van der Waals surface area contributed by atoms with Crippen LogP contribution in [0.1, 0.15) is 13.3 Å². The van der Waals surface area contributed by atoms with Gasteiger partial charge in [-0.3, -0.25) is 4.99 Å². The molecule has 1 aromatic carbocycles. The average molecular weight is 476 g/mol. The van der Waals surface area contributed by atoms with Crippen LogP contribution in [0.2, 0.25) is 10.0 Å². The van der Waals surface area contributed by atoms with Crippen LogP contribution >= 0.6 is 47.2 Å². The fourth-order valence-corrected chi connectivity index (χ4v) is 2.01. The van der Waals surface area contributed by atoms with E-state index in [9.17, 15) is 0 Å². The maximum absolute atomic E-state index is 6.06. The summed E-state index contributed by atoms with van der Waals surface area (Å²) in [5.41, 5.74) is 0. The van der Waals surface area contributed by atoms with Crippen LogP contribution in [0.4, 0.5) is 0 Å². The SMILES string of the molecule is CCNC(=NCCCOC)NCCOc1cccc(Cl)c1Cl.I. The summed E-state index contributed by atoms with van der Waals surface area (Å²) in [4.78, 5) is 4.44. The highest BCUT2D eigenvalue weighted by atomic mass is 127. The molecule has 0 atom stereocenters. The number of hydrogen-bond acceptors (Lipinski definition) is 3. The molecular formula is C15H24Cl2IN3O2. The van der Waals surface area contributed by atoms with Crippen molar-refractivity contribution in [2.45, 2.75) is 13.3 Å². The first-order valence-corrected chi connectivity index (χ1v) is 8.02. The van der Waals surface area contributed by atoms with Crippen molar-refractivity contribution in [3.05, 3.63) is 28.2 Å². The molecule has 0 bridgehead atoms. The first-order valence-electron chi connectivity index (χ1n) is 7.27. The second-order valence-corrected chi connectivity index (χ2v) is 5.22. The van der Waals surface area contributed by atoms with Crippen molar-refractivity contribution >= 4 is 53.1 Å². The minimum absolute atomic E-state index is 0. The summed E-state index contributed by atoms with van der Waals surface area (Å²) >= 11 is 12.0. The van der Waals surface area contributed by atoms with E-state index in [4.69, 9.17) is 32.7 Å². The number of halogens is 3. The number of nitrogens with one attached hydrogen (secondary N) is 2. The van der Waals surface area contributed by atoms with Gasteiger partial charge in [0.05, 0.1) is 11.6 Å². The molecule has 0 heterocycles. The van der Waals surface area contributed by atoms with Crippen molar-refractivity contribution in [1.82, 2.24) is 10.6 Å². The maximum Gasteiger partial charge on any atom is 0.191 e. The van der Waals surface area contributed by atoms with E-state index in [-0.39, 0.29) is 24.0 Å². The van der Waals surface area contributed by atoms with E-state index < -0.39 is 0 Å². The van der Waals surface area contributed by atoms with E-state index >= 15 is 0 Å². The second-order valence-electron chi connectivity index (χ2n) is 4.43. The molecule has 0 aliphatic heterocycles. The lowest BCUT2D eigenvalue weighted by Crippen LogP contribution is -2.39. The quantitative estimate of drug-likeness (QED) is 0.248. The first-order chi connectivity index (χ1) is 10.7. The molecule has 2 N–H and O–H groups in total. The van der Waals surface area contributed by atoms with Gasteiger partial charge in [0.15, 0.2) is 5.96 Å². The highest BCUT2D eigenvalue weighted by molar-refractivity contribution is 14.0. The number of benzene rings is 1. The predicted molar refractivity (Wildman–Crippen MR) is 108 cm³/mol. The number of nitrogens with zero attached hydrogens (tertiary/aromatic N) is 1. The molecule has 5 nitrogen and oxygen atoms in total. The molecule has 0 unspecified atom stereocenters. The highest BCUT2D eigenvalue weighted by Crippen LogP contribution is 2.31. The number of hydrogen-bond donors (Lipinski definition) is 2. The van der Waals surface area contributed by atoms with Gasteiger partial charge in [0.25, 0.3) is 0 Å². The van der Waals surface area contributed by atoms with Gasteiger partial charge in [-0.25, -0.2) is 0 Å². The summed E-state index contributed by atoms with van der Waals surface area (Å²) in [6.07, 6.45) is 0.891. The normalized spacial score (nSPS) is 10.9. The van der Waals surface area contributed by atoms with Gasteiger partial charge in [0.1, 0.15) is 17.4 Å². The molecule has 0 aliphatic rings. The fraction of sp³-hybridized carbons (Fsp3) is 0.533. The van der Waals surface area contributed by atoms with Crippen LogP contribution in [0.3, 0.4) is 0 Å². The third kappa shape index (κ3) is 9.44. The molecule has 8 heteroatoms. The van der Waals surface area contributed by atoms with Gasteiger partial charge in [0.2, 0.25) is 0 Å². The van der Waals surface area contributed by atoms with Crippen molar-refractivity contribution in [2.75, 3.05) is 40.0 Å². The molecule has 0 radical (unpaired) electrons. The van der Waals surface area contributed by atoms with Crippen LogP contribution in [-0.2, 0) is 4.74 Å². The van der Waals surface area contributed by atoms with Gasteiger partial charge >= 0.3 is 0 Å². The molecule has 1 aromatic rings. The third-order valence-electron chi connectivity index (χ3n) is 2.69. The molecule has 0 fully saturated rings. The second kappa shape index (κ2) is 13.9. The van der Waals surface area contributed by atoms with Gasteiger partial charge < -0.3 is 20.1 Å². The largest absolute Gasteiger partial charge is 0.490 e. The summed E-state index contributed by atoms with van der Waals surface area (Å²) in [5.74, 6) is 1.34. The Morgan fingerprint density at radius 2 is 2.00 bits per heavy atom. The molecule has 0 amide bonds. The van der Waals surface area contributed by atoms with Crippen LogP contribution < -0.4 is 15.4 Å². The van der Waals surface area contributed by atoms with Crippen molar-refractivity contribution in [1.29, 1.82) is 0 Å². The van der Waals surface area contributed by atoms with Crippen LogP contribution in [0.5, 0.6) is 5.75 Å². The molecule has 0 aromatic heterocycles. The van der Waals surface area contributed by atoms with E-state index in [0.29, 0.717) is 42.1 Å². The summed E-state index contributed by atoms with van der Waals surface area (Å²) < 4.78 is 10.6. The topological polar surface area (TPSA) is 54.9 Å².